The van der Waals surface area contributed by atoms with Gasteiger partial charge in [-0.3, -0.25) is 4.52 Å². The Morgan fingerprint density at radius 3 is 2.93 bits per heavy atom. The van der Waals surface area contributed by atoms with E-state index < -0.39 is 0 Å². The Kier molecular flexibility index (Phi) is 6.04. The van der Waals surface area contributed by atoms with Crippen LogP contribution in [0.4, 0.5) is 5.88 Å². The molecule has 0 radical (unpaired) electrons. The van der Waals surface area contributed by atoms with Crippen molar-refractivity contribution in [2.45, 2.75) is 58.5 Å². The molecule has 1 aliphatic rings. The van der Waals surface area contributed by atoms with E-state index >= 15 is 0 Å². The fourth-order valence-electron chi connectivity index (χ4n) is 3.33. The fourth-order valence-corrected chi connectivity index (χ4v) is 4.09. The second-order valence-electron chi connectivity index (χ2n) is 8.05. The van der Waals surface area contributed by atoms with E-state index in [0.717, 1.165) is 30.5 Å². The number of hydrogen-bond donors (Lipinski definition) is 0. The van der Waals surface area contributed by atoms with Gasteiger partial charge in [-0.2, -0.15) is 5.26 Å². The average molecular weight is 400 g/mol. The zero-order chi connectivity index (χ0) is 20.3. The Hall–Kier alpha value is -2.40. The highest BCUT2D eigenvalue weighted by Gasteiger charge is 2.30. The van der Waals surface area contributed by atoms with Gasteiger partial charge in [-0.1, -0.05) is 37.2 Å². The fraction of sp³-hybridized carbons (Fsp3) is 0.550. The van der Waals surface area contributed by atoms with Crippen LogP contribution in [0, 0.1) is 22.7 Å². The molecule has 0 bridgehead atoms. The van der Waals surface area contributed by atoms with Crippen LogP contribution in [0.25, 0.3) is 0 Å². The van der Waals surface area contributed by atoms with Crippen molar-refractivity contribution in [2.75, 3.05) is 5.75 Å². The van der Waals surface area contributed by atoms with Gasteiger partial charge in [0.2, 0.25) is 5.27 Å². The molecule has 148 valence electrons. The quantitative estimate of drug-likeness (QED) is 0.331. The molecule has 2 aromatic heterocycles. The number of fused-ring (bicyclic) bond motifs is 1. The van der Waals surface area contributed by atoms with Crippen molar-refractivity contribution < 1.29 is 14.3 Å². The highest BCUT2D eigenvalue weighted by Crippen LogP contribution is 2.38. The zero-order valence-corrected chi connectivity index (χ0v) is 17.5. The number of thioether (sulfide) groups is 1. The average Bonchev–Trinajstić information content (AvgIpc) is 3.11. The van der Waals surface area contributed by atoms with Gasteiger partial charge in [0.1, 0.15) is 11.1 Å². The van der Waals surface area contributed by atoms with Crippen LogP contribution >= 0.6 is 11.8 Å². The minimum Gasteiger partial charge on any atom is -0.861 e. The normalized spacial score (nSPS) is 17.2. The molecule has 0 aliphatic heterocycles. The molecule has 0 saturated carbocycles. The number of aryl methyl sites for hydroxylation is 2. The molecule has 1 unspecified atom stereocenters. The van der Waals surface area contributed by atoms with Crippen LogP contribution in [0.2, 0.25) is 0 Å². The Balaban J connectivity index is 1.73. The van der Waals surface area contributed by atoms with Crippen LogP contribution in [-0.4, -0.2) is 21.9 Å². The molecule has 1 atom stereocenters. The van der Waals surface area contributed by atoms with E-state index in [4.69, 9.17) is 9.51 Å². The summed E-state index contributed by atoms with van der Waals surface area (Å²) in [6.45, 7) is 9.34. The van der Waals surface area contributed by atoms with Gasteiger partial charge in [0.25, 0.3) is 6.20 Å². The van der Waals surface area contributed by atoms with Crippen LogP contribution in [0.1, 0.15) is 50.9 Å². The first-order chi connectivity index (χ1) is 13.3. The number of aliphatic imine (C=N–C) groups is 1. The maximum atomic E-state index is 12.1. The molecule has 0 saturated heterocycles. The predicted octanol–water partition coefficient (Wildman–Crippen LogP) is 2.58. The van der Waals surface area contributed by atoms with Crippen LogP contribution in [-0.2, 0) is 19.4 Å². The van der Waals surface area contributed by atoms with Crippen molar-refractivity contribution in [1.82, 2.24) is 10.3 Å². The lowest BCUT2D eigenvalue weighted by atomic mass is 9.71. The van der Waals surface area contributed by atoms with Crippen molar-refractivity contribution in [1.29, 1.82) is 5.26 Å². The molecule has 0 fully saturated rings. The number of rotatable bonds is 5. The topological polar surface area (TPSA) is 102 Å². The van der Waals surface area contributed by atoms with Crippen LogP contribution in [0.3, 0.4) is 0 Å². The summed E-state index contributed by atoms with van der Waals surface area (Å²) in [5, 5.41) is 26.0. The Morgan fingerprint density at radius 1 is 1.50 bits per heavy atom. The molecule has 0 N–H and O–H groups in total. The third-order valence-corrected chi connectivity index (χ3v) is 6.06. The molecule has 7 nitrogen and oxygen atoms in total. The van der Waals surface area contributed by atoms with Gasteiger partial charge < -0.3 is 5.11 Å². The first kappa shape index (κ1) is 20.3. The SMILES string of the molecule is CC[n+]1cc(/N=C(/[O-])CSc2nc3c(cc2C#N)CC(C(C)(C)C)CC3)on1. The number of hydrogen-bond acceptors (Lipinski definition) is 7. The molecule has 0 spiro atoms. The summed E-state index contributed by atoms with van der Waals surface area (Å²) in [5.41, 5.74) is 2.97. The van der Waals surface area contributed by atoms with Crippen LogP contribution in [0.5, 0.6) is 0 Å². The minimum absolute atomic E-state index is 0.0951. The first-order valence-electron chi connectivity index (χ1n) is 9.47. The summed E-state index contributed by atoms with van der Waals surface area (Å²) in [6.07, 6.45) is 4.52. The zero-order valence-electron chi connectivity index (χ0n) is 16.7. The molecule has 0 amide bonds. The molecular weight excluding hydrogens is 374 g/mol. The van der Waals surface area contributed by atoms with E-state index in [-0.39, 0.29) is 22.9 Å². The summed E-state index contributed by atoms with van der Waals surface area (Å²) in [7, 11) is 0. The summed E-state index contributed by atoms with van der Waals surface area (Å²) in [4.78, 5) is 8.61. The number of nitriles is 1. The third-order valence-electron chi connectivity index (χ3n) is 5.09. The summed E-state index contributed by atoms with van der Waals surface area (Å²) in [6, 6.07) is 4.18. The smallest absolute Gasteiger partial charge is 0.320 e. The number of aromatic nitrogens is 3. The van der Waals surface area contributed by atoms with Gasteiger partial charge in [0.05, 0.1) is 5.56 Å². The van der Waals surface area contributed by atoms with E-state index in [1.807, 2.05) is 13.0 Å². The van der Waals surface area contributed by atoms with Crippen molar-refractivity contribution in [2.24, 2.45) is 16.3 Å². The van der Waals surface area contributed by atoms with Gasteiger partial charge in [-0.15, -0.1) is 0 Å². The van der Waals surface area contributed by atoms with Gasteiger partial charge in [0.15, 0.2) is 6.54 Å². The second kappa shape index (κ2) is 8.31. The van der Waals surface area contributed by atoms with E-state index in [9.17, 15) is 10.4 Å². The van der Waals surface area contributed by atoms with Crippen molar-refractivity contribution in [3.05, 3.63) is 29.1 Å². The van der Waals surface area contributed by atoms with Gasteiger partial charge in [-0.05, 0) is 55.0 Å². The van der Waals surface area contributed by atoms with E-state index in [1.54, 1.807) is 10.9 Å². The highest BCUT2D eigenvalue weighted by atomic mass is 32.2. The standard InChI is InChI=1S/C20H25N5O2S/c1-5-25-11-18(27-24-25)23-17(26)12-28-19-14(10-21)8-13-9-15(20(2,3)4)6-7-16(13)22-19/h8,11,15H,5-7,9,12H2,1-4H3. The van der Waals surface area contributed by atoms with Gasteiger partial charge in [0, 0.05) is 11.4 Å². The van der Waals surface area contributed by atoms with Gasteiger partial charge >= 0.3 is 5.88 Å². The van der Waals surface area contributed by atoms with Crippen molar-refractivity contribution >= 4 is 23.5 Å². The third kappa shape index (κ3) is 4.71. The lowest BCUT2D eigenvalue weighted by Crippen LogP contribution is -2.32. The van der Waals surface area contributed by atoms with Crippen molar-refractivity contribution in [3.8, 4) is 6.07 Å². The maximum Gasteiger partial charge on any atom is 0.320 e. The number of pyridine rings is 1. The van der Waals surface area contributed by atoms with Gasteiger partial charge in [-0.25, -0.2) is 9.98 Å². The van der Waals surface area contributed by atoms with E-state index in [1.165, 1.54) is 11.8 Å². The summed E-state index contributed by atoms with van der Waals surface area (Å²) >= 11 is 1.24. The Labute approximate surface area is 169 Å². The molecule has 0 aromatic carbocycles. The Morgan fingerprint density at radius 2 is 2.29 bits per heavy atom. The minimum atomic E-state index is -0.347. The number of nitrogens with zero attached hydrogens (tertiary/aromatic N) is 5. The predicted molar refractivity (Wildman–Crippen MR) is 104 cm³/mol. The van der Waals surface area contributed by atoms with E-state index in [2.05, 4.69) is 37.1 Å². The lowest BCUT2D eigenvalue weighted by Gasteiger charge is -2.34. The molecule has 2 aromatic rings. The summed E-state index contributed by atoms with van der Waals surface area (Å²) in [5.74, 6) is 0.512. The molecule has 28 heavy (non-hydrogen) atoms. The van der Waals surface area contributed by atoms with E-state index in [0.29, 0.717) is 23.1 Å². The lowest BCUT2D eigenvalue weighted by molar-refractivity contribution is -0.759. The molecule has 3 rings (SSSR count). The molecule has 8 heteroatoms. The molecular formula is C20H25N5O2S. The van der Waals surface area contributed by atoms with Crippen molar-refractivity contribution in [3.63, 3.8) is 0 Å². The second-order valence-corrected chi connectivity index (χ2v) is 9.02. The van der Waals surface area contributed by atoms with Crippen LogP contribution in [0.15, 0.2) is 26.8 Å². The molecule has 2 heterocycles. The molecule has 1 aliphatic carbocycles. The maximum absolute atomic E-state index is 12.1. The highest BCUT2D eigenvalue weighted by molar-refractivity contribution is 7.99. The largest absolute Gasteiger partial charge is 0.861 e. The monoisotopic (exact) mass is 399 g/mol. The first-order valence-corrected chi connectivity index (χ1v) is 10.5. The summed E-state index contributed by atoms with van der Waals surface area (Å²) < 4.78 is 6.54. The van der Waals surface area contributed by atoms with Crippen LogP contribution < -0.4 is 9.79 Å². The Bertz CT molecular complexity index is 924.